The van der Waals surface area contributed by atoms with Crippen molar-refractivity contribution in [3.05, 3.63) is 28.7 Å². The molecule has 8 heteroatoms. The van der Waals surface area contributed by atoms with Gasteiger partial charge in [0, 0.05) is 44.4 Å². The van der Waals surface area contributed by atoms with Crippen LogP contribution in [0.5, 0.6) is 5.75 Å². The second-order valence-corrected chi connectivity index (χ2v) is 7.36. The molecule has 2 rings (SSSR count). The van der Waals surface area contributed by atoms with Crippen LogP contribution in [-0.2, 0) is 9.47 Å². The van der Waals surface area contributed by atoms with Gasteiger partial charge in [0.05, 0.1) is 12.6 Å². The Labute approximate surface area is 194 Å². The summed E-state index contributed by atoms with van der Waals surface area (Å²) in [6, 6.07) is 7.86. The van der Waals surface area contributed by atoms with Gasteiger partial charge in [-0.3, -0.25) is 0 Å². The van der Waals surface area contributed by atoms with Crippen molar-refractivity contribution < 1.29 is 14.2 Å². The second-order valence-electron chi connectivity index (χ2n) is 6.44. The highest BCUT2D eigenvalue weighted by atomic mass is 127. The normalized spacial score (nSPS) is 15.2. The summed E-state index contributed by atoms with van der Waals surface area (Å²) in [4.78, 5) is 7.04. The van der Waals surface area contributed by atoms with Gasteiger partial charge in [0.1, 0.15) is 12.4 Å². The molecule has 1 saturated heterocycles. The standard InChI is InChI=1S/C20H32BrN3O3.HI/c1-3-22-20(23-11-16-27-18-7-5-17(21)6-8-18)24-12-9-19(10-13-24)26-15-4-14-25-2;/h5-8,19H,3-4,9-16H2,1-2H3,(H,22,23);1H. The van der Waals surface area contributed by atoms with E-state index < -0.39 is 0 Å². The van der Waals surface area contributed by atoms with Crippen LogP contribution in [0.3, 0.4) is 0 Å². The summed E-state index contributed by atoms with van der Waals surface area (Å²) in [6.07, 6.45) is 3.38. The molecule has 0 spiro atoms. The lowest BCUT2D eigenvalue weighted by molar-refractivity contribution is 0.00990. The molecule has 0 aromatic heterocycles. The van der Waals surface area contributed by atoms with Crippen molar-refractivity contribution in [3.8, 4) is 5.75 Å². The maximum atomic E-state index is 5.94. The average Bonchev–Trinajstić information content (AvgIpc) is 2.69. The minimum atomic E-state index is 0. The molecule has 0 radical (unpaired) electrons. The molecular formula is C20H33BrIN3O3. The number of halogens is 2. The highest BCUT2D eigenvalue weighted by molar-refractivity contribution is 14.0. The highest BCUT2D eigenvalue weighted by Crippen LogP contribution is 2.16. The van der Waals surface area contributed by atoms with E-state index in [-0.39, 0.29) is 24.0 Å². The summed E-state index contributed by atoms with van der Waals surface area (Å²) in [5.74, 6) is 1.83. The van der Waals surface area contributed by atoms with Gasteiger partial charge in [-0.15, -0.1) is 24.0 Å². The Balaban J connectivity index is 0.00000392. The highest BCUT2D eigenvalue weighted by Gasteiger charge is 2.21. The summed E-state index contributed by atoms with van der Waals surface area (Å²) in [5.41, 5.74) is 0. The topological polar surface area (TPSA) is 55.3 Å². The minimum Gasteiger partial charge on any atom is -0.492 e. The third-order valence-electron chi connectivity index (χ3n) is 4.36. The summed E-state index contributed by atoms with van der Waals surface area (Å²) in [5, 5.41) is 3.39. The van der Waals surface area contributed by atoms with E-state index in [0.717, 1.165) is 68.3 Å². The zero-order valence-corrected chi connectivity index (χ0v) is 20.8. The first-order valence-electron chi connectivity index (χ1n) is 9.75. The van der Waals surface area contributed by atoms with Crippen molar-refractivity contribution in [2.45, 2.75) is 32.3 Å². The third-order valence-corrected chi connectivity index (χ3v) is 4.89. The van der Waals surface area contributed by atoms with Crippen LogP contribution in [0.4, 0.5) is 0 Å². The van der Waals surface area contributed by atoms with E-state index in [1.807, 2.05) is 24.3 Å². The number of nitrogens with one attached hydrogen (secondary N) is 1. The van der Waals surface area contributed by atoms with Crippen LogP contribution in [0.2, 0.25) is 0 Å². The van der Waals surface area contributed by atoms with Gasteiger partial charge in [0.25, 0.3) is 0 Å². The Morgan fingerprint density at radius 2 is 1.89 bits per heavy atom. The quantitative estimate of drug-likeness (QED) is 0.200. The Morgan fingerprint density at radius 1 is 1.18 bits per heavy atom. The Bertz CT molecular complexity index is 552. The molecule has 0 unspecified atom stereocenters. The number of rotatable bonds is 10. The van der Waals surface area contributed by atoms with Gasteiger partial charge in [-0.1, -0.05) is 15.9 Å². The molecule has 0 saturated carbocycles. The number of nitrogens with zero attached hydrogens (tertiary/aromatic N) is 2. The van der Waals surface area contributed by atoms with Gasteiger partial charge in [-0.2, -0.15) is 0 Å². The summed E-state index contributed by atoms with van der Waals surface area (Å²) in [7, 11) is 1.73. The van der Waals surface area contributed by atoms with Crippen molar-refractivity contribution in [3.63, 3.8) is 0 Å². The fourth-order valence-electron chi connectivity index (χ4n) is 2.96. The number of benzene rings is 1. The molecule has 1 fully saturated rings. The number of ether oxygens (including phenoxy) is 3. The number of methoxy groups -OCH3 is 1. The Hall–Kier alpha value is -0.580. The maximum absolute atomic E-state index is 5.94. The van der Waals surface area contributed by atoms with Crippen LogP contribution in [0.25, 0.3) is 0 Å². The average molecular weight is 570 g/mol. The van der Waals surface area contributed by atoms with E-state index in [0.29, 0.717) is 19.3 Å². The number of piperidine rings is 1. The third kappa shape index (κ3) is 9.76. The molecule has 0 aliphatic carbocycles. The van der Waals surface area contributed by atoms with Crippen LogP contribution in [0, 0.1) is 0 Å². The lowest BCUT2D eigenvalue weighted by atomic mass is 10.1. The van der Waals surface area contributed by atoms with Crippen molar-refractivity contribution in [2.24, 2.45) is 4.99 Å². The van der Waals surface area contributed by atoms with E-state index in [1.54, 1.807) is 7.11 Å². The van der Waals surface area contributed by atoms with Crippen LogP contribution in [0.1, 0.15) is 26.2 Å². The molecule has 0 atom stereocenters. The van der Waals surface area contributed by atoms with Gasteiger partial charge < -0.3 is 24.4 Å². The van der Waals surface area contributed by atoms with Crippen LogP contribution in [0.15, 0.2) is 33.7 Å². The molecule has 0 amide bonds. The molecular weight excluding hydrogens is 537 g/mol. The molecule has 1 aromatic rings. The van der Waals surface area contributed by atoms with Gasteiger partial charge in [0.15, 0.2) is 5.96 Å². The first kappa shape index (κ1) is 25.5. The van der Waals surface area contributed by atoms with Crippen molar-refractivity contribution in [1.29, 1.82) is 0 Å². The smallest absolute Gasteiger partial charge is 0.194 e. The van der Waals surface area contributed by atoms with Gasteiger partial charge in [0.2, 0.25) is 0 Å². The monoisotopic (exact) mass is 569 g/mol. The lowest BCUT2D eigenvalue weighted by Crippen LogP contribution is -2.47. The predicted molar refractivity (Wildman–Crippen MR) is 128 cm³/mol. The molecule has 6 nitrogen and oxygen atoms in total. The van der Waals surface area contributed by atoms with E-state index >= 15 is 0 Å². The van der Waals surface area contributed by atoms with E-state index in [4.69, 9.17) is 19.2 Å². The number of hydrogen-bond acceptors (Lipinski definition) is 4. The molecule has 1 aliphatic heterocycles. The number of hydrogen-bond donors (Lipinski definition) is 1. The fourth-order valence-corrected chi connectivity index (χ4v) is 3.22. The Morgan fingerprint density at radius 3 is 2.54 bits per heavy atom. The molecule has 1 N–H and O–H groups in total. The lowest BCUT2D eigenvalue weighted by Gasteiger charge is -2.34. The van der Waals surface area contributed by atoms with Crippen LogP contribution >= 0.6 is 39.9 Å². The van der Waals surface area contributed by atoms with E-state index in [1.165, 1.54) is 0 Å². The van der Waals surface area contributed by atoms with Gasteiger partial charge >= 0.3 is 0 Å². The Kier molecular flexibility index (Phi) is 13.9. The minimum absolute atomic E-state index is 0. The first-order valence-corrected chi connectivity index (χ1v) is 10.5. The zero-order valence-electron chi connectivity index (χ0n) is 16.9. The molecule has 28 heavy (non-hydrogen) atoms. The van der Waals surface area contributed by atoms with E-state index in [2.05, 4.69) is 33.1 Å². The summed E-state index contributed by atoms with van der Waals surface area (Å²) in [6.45, 7) is 7.63. The van der Waals surface area contributed by atoms with Gasteiger partial charge in [-0.05, 0) is 50.5 Å². The molecule has 160 valence electrons. The van der Waals surface area contributed by atoms with Gasteiger partial charge in [-0.25, -0.2) is 4.99 Å². The van der Waals surface area contributed by atoms with Crippen molar-refractivity contribution in [1.82, 2.24) is 10.2 Å². The molecule has 0 bridgehead atoms. The number of likely N-dealkylation sites (tertiary alicyclic amines) is 1. The van der Waals surface area contributed by atoms with Crippen molar-refractivity contribution in [2.75, 3.05) is 53.1 Å². The molecule has 1 aliphatic rings. The molecule has 1 aromatic carbocycles. The largest absolute Gasteiger partial charge is 0.492 e. The van der Waals surface area contributed by atoms with Crippen molar-refractivity contribution >= 4 is 45.9 Å². The summed E-state index contributed by atoms with van der Waals surface area (Å²) < 4.78 is 17.8. The summed E-state index contributed by atoms with van der Waals surface area (Å²) >= 11 is 3.43. The second kappa shape index (κ2) is 15.3. The first-order chi connectivity index (χ1) is 13.2. The predicted octanol–water partition coefficient (Wildman–Crippen LogP) is 3.93. The fraction of sp³-hybridized carbons (Fsp3) is 0.650. The zero-order chi connectivity index (χ0) is 19.3. The SMILES string of the molecule is CCNC(=NCCOc1ccc(Br)cc1)N1CCC(OCCCOC)CC1.I. The number of aliphatic imine (C=N–C) groups is 1. The molecule has 1 heterocycles. The van der Waals surface area contributed by atoms with Crippen LogP contribution in [-0.4, -0.2) is 70.1 Å². The number of guanidine groups is 1. The van der Waals surface area contributed by atoms with E-state index in [9.17, 15) is 0 Å². The maximum Gasteiger partial charge on any atom is 0.194 e. The van der Waals surface area contributed by atoms with Crippen LogP contribution < -0.4 is 10.1 Å².